The van der Waals surface area contributed by atoms with Crippen molar-refractivity contribution in [2.45, 2.75) is 19.9 Å². The molecule has 1 aromatic rings. The van der Waals surface area contributed by atoms with E-state index < -0.39 is 17.5 Å². The largest absolute Gasteiger partial charge is 0.310 e. The van der Waals surface area contributed by atoms with Crippen LogP contribution in [0.25, 0.3) is 0 Å². The second-order valence-corrected chi connectivity index (χ2v) is 3.08. The van der Waals surface area contributed by atoms with Crippen molar-refractivity contribution < 1.29 is 13.2 Å². The Morgan fingerprint density at radius 1 is 1.21 bits per heavy atom. The molecule has 14 heavy (non-hydrogen) atoms. The van der Waals surface area contributed by atoms with Crippen LogP contribution >= 0.6 is 0 Å². The summed E-state index contributed by atoms with van der Waals surface area (Å²) in [5, 5.41) is 2.98. The molecule has 0 radical (unpaired) electrons. The van der Waals surface area contributed by atoms with E-state index in [9.17, 15) is 13.2 Å². The summed E-state index contributed by atoms with van der Waals surface area (Å²) in [7, 11) is 0. The third-order valence-corrected chi connectivity index (χ3v) is 2.02. The Labute approximate surface area is 80.9 Å². The summed E-state index contributed by atoms with van der Waals surface area (Å²) in [4.78, 5) is 0. The van der Waals surface area contributed by atoms with E-state index in [0.717, 1.165) is 12.1 Å². The summed E-state index contributed by atoms with van der Waals surface area (Å²) < 4.78 is 38.2. The molecule has 0 aliphatic rings. The molecule has 0 saturated heterocycles. The number of rotatable bonds is 3. The maximum Gasteiger partial charge on any atom is 0.194 e. The van der Waals surface area contributed by atoms with Gasteiger partial charge < -0.3 is 5.32 Å². The molecule has 1 N–H and O–H groups in total. The fraction of sp³-hybridized carbons (Fsp3) is 0.400. The van der Waals surface area contributed by atoms with Gasteiger partial charge in [-0.1, -0.05) is 6.92 Å². The molecule has 1 aromatic carbocycles. The van der Waals surface area contributed by atoms with Crippen LogP contribution < -0.4 is 5.32 Å². The SMILES string of the molecule is CCNC(C)c1cc(F)c(F)c(F)c1. The van der Waals surface area contributed by atoms with E-state index in [-0.39, 0.29) is 6.04 Å². The van der Waals surface area contributed by atoms with Crippen molar-refractivity contribution in [2.24, 2.45) is 0 Å². The van der Waals surface area contributed by atoms with Crippen molar-refractivity contribution in [2.75, 3.05) is 6.54 Å². The molecule has 0 saturated carbocycles. The van der Waals surface area contributed by atoms with Gasteiger partial charge in [0.2, 0.25) is 0 Å². The van der Waals surface area contributed by atoms with Crippen molar-refractivity contribution in [1.29, 1.82) is 0 Å². The molecule has 1 rings (SSSR count). The van der Waals surface area contributed by atoms with Crippen LogP contribution in [0.3, 0.4) is 0 Å². The fourth-order valence-corrected chi connectivity index (χ4v) is 1.25. The Kier molecular flexibility index (Phi) is 3.52. The summed E-state index contributed by atoms with van der Waals surface area (Å²) in [6, 6.07) is 1.82. The molecule has 0 amide bonds. The topological polar surface area (TPSA) is 12.0 Å². The number of halogens is 3. The molecule has 0 heterocycles. The zero-order valence-electron chi connectivity index (χ0n) is 8.07. The number of hydrogen-bond acceptors (Lipinski definition) is 1. The van der Waals surface area contributed by atoms with Gasteiger partial charge in [0.25, 0.3) is 0 Å². The standard InChI is InChI=1S/C10H12F3N/c1-3-14-6(2)7-4-8(11)10(13)9(12)5-7/h4-6,14H,3H2,1-2H3. The van der Waals surface area contributed by atoms with Crippen molar-refractivity contribution >= 4 is 0 Å². The Balaban J connectivity index is 3.00. The second-order valence-electron chi connectivity index (χ2n) is 3.08. The van der Waals surface area contributed by atoms with Crippen LogP contribution in [0, 0.1) is 17.5 Å². The first kappa shape index (κ1) is 11.0. The summed E-state index contributed by atoms with van der Waals surface area (Å²) in [5.41, 5.74) is 0.406. The van der Waals surface area contributed by atoms with Gasteiger partial charge >= 0.3 is 0 Å². The monoisotopic (exact) mass is 203 g/mol. The minimum absolute atomic E-state index is 0.190. The third kappa shape index (κ3) is 2.26. The lowest BCUT2D eigenvalue weighted by Gasteiger charge is -2.12. The zero-order valence-corrected chi connectivity index (χ0v) is 8.07. The highest BCUT2D eigenvalue weighted by atomic mass is 19.2. The van der Waals surface area contributed by atoms with Crippen molar-refractivity contribution in [1.82, 2.24) is 5.32 Å². The minimum atomic E-state index is -1.42. The van der Waals surface area contributed by atoms with E-state index in [1.807, 2.05) is 6.92 Å². The number of hydrogen-bond donors (Lipinski definition) is 1. The maximum absolute atomic E-state index is 12.8. The van der Waals surface area contributed by atoms with Crippen molar-refractivity contribution in [3.63, 3.8) is 0 Å². The lowest BCUT2D eigenvalue weighted by Crippen LogP contribution is -2.18. The first-order valence-electron chi connectivity index (χ1n) is 4.44. The lowest BCUT2D eigenvalue weighted by molar-refractivity contribution is 0.441. The molecule has 0 bridgehead atoms. The highest BCUT2D eigenvalue weighted by Gasteiger charge is 2.13. The third-order valence-electron chi connectivity index (χ3n) is 2.02. The Morgan fingerprint density at radius 3 is 2.14 bits per heavy atom. The van der Waals surface area contributed by atoms with Gasteiger partial charge in [-0.3, -0.25) is 0 Å². The highest BCUT2D eigenvalue weighted by molar-refractivity contribution is 5.22. The zero-order chi connectivity index (χ0) is 10.7. The van der Waals surface area contributed by atoms with E-state index in [1.54, 1.807) is 6.92 Å². The number of benzene rings is 1. The Hall–Kier alpha value is -1.03. The normalized spacial score (nSPS) is 12.9. The Bertz CT molecular complexity index is 302. The van der Waals surface area contributed by atoms with Crippen molar-refractivity contribution in [3.8, 4) is 0 Å². The van der Waals surface area contributed by atoms with Crippen LogP contribution in [0.15, 0.2) is 12.1 Å². The molecule has 1 unspecified atom stereocenters. The predicted octanol–water partition coefficient (Wildman–Crippen LogP) is 2.77. The lowest BCUT2D eigenvalue weighted by atomic mass is 10.1. The van der Waals surface area contributed by atoms with Gasteiger partial charge in [-0.25, -0.2) is 13.2 Å². The molecule has 0 aliphatic heterocycles. The maximum atomic E-state index is 12.8. The van der Waals surface area contributed by atoms with Gasteiger partial charge in [0.1, 0.15) is 0 Å². The average molecular weight is 203 g/mol. The molecule has 78 valence electrons. The minimum Gasteiger partial charge on any atom is -0.310 e. The van der Waals surface area contributed by atoms with Gasteiger partial charge in [-0.2, -0.15) is 0 Å². The first-order valence-corrected chi connectivity index (χ1v) is 4.44. The fourth-order valence-electron chi connectivity index (χ4n) is 1.25. The molecule has 0 spiro atoms. The quantitative estimate of drug-likeness (QED) is 0.745. The average Bonchev–Trinajstić information content (AvgIpc) is 2.13. The van der Waals surface area contributed by atoms with Crippen LogP contribution in [0.2, 0.25) is 0 Å². The summed E-state index contributed by atoms with van der Waals surface area (Å²) >= 11 is 0. The molecule has 0 aliphatic carbocycles. The van der Waals surface area contributed by atoms with Gasteiger partial charge in [0, 0.05) is 6.04 Å². The molecule has 4 heteroatoms. The van der Waals surface area contributed by atoms with E-state index in [2.05, 4.69) is 5.32 Å². The Morgan fingerprint density at radius 2 is 1.71 bits per heavy atom. The van der Waals surface area contributed by atoms with Crippen LogP contribution in [0.1, 0.15) is 25.5 Å². The molecular weight excluding hydrogens is 191 g/mol. The van der Waals surface area contributed by atoms with Crippen LogP contribution in [-0.4, -0.2) is 6.54 Å². The van der Waals surface area contributed by atoms with Crippen LogP contribution in [0.4, 0.5) is 13.2 Å². The molecule has 0 aromatic heterocycles. The second kappa shape index (κ2) is 4.46. The molecule has 1 atom stereocenters. The van der Waals surface area contributed by atoms with Crippen molar-refractivity contribution in [3.05, 3.63) is 35.1 Å². The van der Waals surface area contributed by atoms with Gasteiger partial charge in [-0.15, -0.1) is 0 Å². The van der Waals surface area contributed by atoms with Gasteiger partial charge in [-0.05, 0) is 31.2 Å². The number of nitrogens with one attached hydrogen (secondary N) is 1. The molecular formula is C10H12F3N. The van der Waals surface area contributed by atoms with Crippen LogP contribution in [-0.2, 0) is 0 Å². The molecule has 1 nitrogen and oxygen atoms in total. The van der Waals surface area contributed by atoms with E-state index in [1.165, 1.54) is 0 Å². The van der Waals surface area contributed by atoms with E-state index >= 15 is 0 Å². The summed E-state index contributed by atoms with van der Waals surface area (Å²) in [6.45, 7) is 4.32. The smallest absolute Gasteiger partial charge is 0.194 e. The highest BCUT2D eigenvalue weighted by Crippen LogP contribution is 2.18. The summed E-state index contributed by atoms with van der Waals surface area (Å²) in [6.07, 6.45) is 0. The summed E-state index contributed by atoms with van der Waals surface area (Å²) in [5.74, 6) is -3.72. The van der Waals surface area contributed by atoms with Gasteiger partial charge in [0.15, 0.2) is 17.5 Å². The van der Waals surface area contributed by atoms with Crippen LogP contribution in [0.5, 0.6) is 0 Å². The van der Waals surface area contributed by atoms with E-state index in [0.29, 0.717) is 12.1 Å². The van der Waals surface area contributed by atoms with E-state index in [4.69, 9.17) is 0 Å². The molecule has 0 fully saturated rings. The predicted molar refractivity (Wildman–Crippen MR) is 48.4 cm³/mol. The van der Waals surface area contributed by atoms with Gasteiger partial charge in [0.05, 0.1) is 0 Å². The first-order chi connectivity index (χ1) is 6.56.